The van der Waals surface area contributed by atoms with Gasteiger partial charge in [0, 0.05) is 23.3 Å². The zero-order valence-corrected chi connectivity index (χ0v) is 23.1. The van der Waals surface area contributed by atoms with E-state index in [1.165, 1.54) is 19.3 Å². The maximum atomic E-state index is 13.6. The van der Waals surface area contributed by atoms with E-state index >= 15 is 0 Å². The van der Waals surface area contributed by atoms with Crippen molar-refractivity contribution >= 4 is 22.8 Å². The van der Waals surface area contributed by atoms with Gasteiger partial charge in [-0.2, -0.15) is 13.2 Å². The number of aryl methyl sites for hydroxylation is 1. The van der Waals surface area contributed by atoms with Crippen LogP contribution in [-0.2, 0) is 11.0 Å². The van der Waals surface area contributed by atoms with Gasteiger partial charge in [0.25, 0.3) is 5.91 Å². The van der Waals surface area contributed by atoms with Crippen LogP contribution in [0.15, 0.2) is 24.5 Å². The van der Waals surface area contributed by atoms with E-state index < -0.39 is 23.8 Å². The molecule has 4 N–H and O–H groups in total. The number of H-pyrrole nitrogens is 1. The molecule has 1 aromatic carbocycles. The summed E-state index contributed by atoms with van der Waals surface area (Å²) in [5.74, 6) is -0.0339. The third kappa shape index (κ3) is 6.32. The first-order chi connectivity index (χ1) is 19.4. The third-order valence-corrected chi connectivity index (χ3v) is 7.94. The lowest BCUT2D eigenvalue weighted by Crippen LogP contribution is -2.49. The van der Waals surface area contributed by atoms with Crippen LogP contribution in [0.25, 0.3) is 22.3 Å². The molecule has 0 radical (unpaired) electrons. The van der Waals surface area contributed by atoms with Gasteiger partial charge in [0.05, 0.1) is 23.3 Å². The lowest BCUT2D eigenvalue weighted by molar-refractivity contribution is -0.137. The second kappa shape index (κ2) is 11.3. The second-order valence-corrected chi connectivity index (χ2v) is 11.3. The zero-order valence-electron chi connectivity index (χ0n) is 23.1. The van der Waals surface area contributed by atoms with Crippen molar-refractivity contribution in [3.05, 3.63) is 41.3 Å². The molecule has 2 heterocycles. The van der Waals surface area contributed by atoms with Gasteiger partial charge in [0.1, 0.15) is 29.4 Å². The van der Waals surface area contributed by atoms with Crippen LogP contribution >= 0.6 is 0 Å². The van der Waals surface area contributed by atoms with Gasteiger partial charge in [-0.3, -0.25) is 9.59 Å². The molecule has 9 nitrogen and oxygen atoms in total. The van der Waals surface area contributed by atoms with Crippen LogP contribution in [0, 0.1) is 18.8 Å². The molecule has 41 heavy (non-hydrogen) atoms. The van der Waals surface area contributed by atoms with E-state index in [-0.39, 0.29) is 40.9 Å². The predicted molar refractivity (Wildman–Crippen MR) is 145 cm³/mol. The van der Waals surface area contributed by atoms with Crippen LogP contribution in [0.3, 0.4) is 0 Å². The Hall–Kier alpha value is -3.67. The Morgan fingerprint density at radius 2 is 1.93 bits per heavy atom. The van der Waals surface area contributed by atoms with Gasteiger partial charge in [0.15, 0.2) is 0 Å². The molecule has 2 aromatic heterocycles. The number of aromatic amines is 1. The van der Waals surface area contributed by atoms with E-state index in [2.05, 4.69) is 25.6 Å². The van der Waals surface area contributed by atoms with Crippen LogP contribution in [0.1, 0.15) is 67.6 Å². The Balaban J connectivity index is 1.41. The van der Waals surface area contributed by atoms with Crippen molar-refractivity contribution in [1.82, 2.24) is 25.6 Å². The molecular weight excluding hydrogens is 539 g/mol. The number of aromatic nitrogens is 3. The van der Waals surface area contributed by atoms with Crippen molar-refractivity contribution in [2.45, 2.75) is 77.2 Å². The summed E-state index contributed by atoms with van der Waals surface area (Å²) in [4.78, 5) is 37.2. The normalized spacial score (nSPS) is 21.9. The lowest BCUT2D eigenvalue weighted by Gasteiger charge is -2.35. The number of alkyl halides is 3. The molecule has 12 heteroatoms. The van der Waals surface area contributed by atoms with Crippen molar-refractivity contribution in [3.8, 4) is 17.0 Å². The van der Waals surface area contributed by atoms with Gasteiger partial charge in [-0.15, -0.1) is 0 Å². The van der Waals surface area contributed by atoms with Gasteiger partial charge >= 0.3 is 6.18 Å². The predicted octanol–water partition coefficient (Wildman–Crippen LogP) is 4.52. The minimum Gasteiger partial charge on any atom is -0.493 e. The number of nitrogens with zero attached hydrogens (tertiary/aromatic N) is 2. The molecule has 0 spiro atoms. The Labute approximate surface area is 235 Å². The number of hydrogen-bond acceptors (Lipinski definition) is 6. The summed E-state index contributed by atoms with van der Waals surface area (Å²) in [5.41, 5.74) is 1.03. The minimum absolute atomic E-state index is 0.0546. The summed E-state index contributed by atoms with van der Waals surface area (Å²) in [6, 6.07) is 3.09. The summed E-state index contributed by atoms with van der Waals surface area (Å²) in [6.07, 6.45) is -0.431. The number of benzene rings is 1. The first-order valence-corrected chi connectivity index (χ1v) is 13.9. The van der Waals surface area contributed by atoms with Gasteiger partial charge < -0.3 is 25.5 Å². The Morgan fingerprint density at radius 3 is 2.59 bits per heavy atom. The third-order valence-electron chi connectivity index (χ3n) is 7.94. The Morgan fingerprint density at radius 1 is 1.17 bits per heavy atom. The highest BCUT2D eigenvalue weighted by atomic mass is 19.4. The number of nitrogens with one attached hydrogen (secondary N) is 3. The number of rotatable bonds is 8. The Bertz CT molecular complexity index is 1450. The van der Waals surface area contributed by atoms with Crippen molar-refractivity contribution in [2.24, 2.45) is 11.8 Å². The highest BCUT2D eigenvalue weighted by Crippen LogP contribution is 2.40. The topological polar surface area (TPSA) is 129 Å². The van der Waals surface area contributed by atoms with E-state index in [0.717, 1.165) is 25.0 Å². The molecular formula is C29H34F3N5O4. The SMILES string of the molecule is Cc1[nH]c2c(-c3cc(C(F)(F)F)ccc3OCC3CC3)ncnc2c1C(=O)N[C@H]1CC[C@H](NC(=O)[C@H](C)O)C[C@H]1C. The fourth-order valence-electron chi connectivity index (χ4n) is 5.42. The molecule has 2 aliphatic carbocycles. The summed E-state index contributed by atoms with van der Waals surface area (Å²) in [5, 5.41) is 15.4. The van der Waals surface area contributed by atoms with E-state index in [1.54, 1.807) is 6.92 Å². The van der Waals surface area contributed by atoms with Gasteiger partial charge in [-0.05, 0) is 76.0 Å². The number of fused-ring (bicyclic) bond motifs is 1. The maximum absolute atomic E-state index is 13.6. The van der Waals surface area contributed by atoms with E-state index in [9.17, 15) is 27.9 Å². The lowest BCUT2D eigenvalue weighted by atomic mass is 9.82. The number of aliphatic hydroxyl groups excluding tert-OH is 1. The molecule has 2 amide bonds. The quantitative estimate of drug-likeness (QED) is 0.314. The van der Waals surface area contributed by atoms with Gasteiger partial charge in [-0.1, -0.05) is 6.92 Å². The summed E-state index contributed by atoms with van der Waals surface area (Å²) in [7, 11) is 0. The number of halogens is 3. The fraction of sp³-hybridized carbons (Fsp3) is 0.517. The molecule has 0 saturated heterocycles. The van der Waals surface area contributed by atoms with Crippen LogP contribution < -0.4 is 15.4 Å². The van der Waals surface area contributed by atoms with Crippen molar-refractivity contribution in [2.75, 3.05) is 6.61 Å². The van der Waals surface area contributed by atoms with E-state index in [4.69, 9.17) is 4.74 Å². The van der Waals surface area contributed by atoms with E-state index in [0.29, 0.717) is 54.1 Å². The van der Waals surface area contributed by atoms with Crippen molar-refractivity contribution in [1.29, 1.82) is 0 Å². The Kier molecular flexibility index (Phi) is 7.95. The average molecular weight is 574 g/mol. The van der Waals surface area contributed by atoms with Gasteiger partial charge in [0.2, 0.25) is 5.91 Å². The molecule has 0 aliphatic heterocycles. The first-order valence-electron chi connectivity index (χ1n) is 13.9. The van der Waals surface area contributed by atoms with Crippen LogP contribution in [-0.4, -0.2) is 56.7 Å². The molecule has 0 unspecified atom stereocenters. The number of ether oxygens (including phenoxy) is 1. The van der Waals surface area contributed by atoms with Crippen LogP contribution in [0.4, 0.5) is 13.2 Å². The molecule has 2 aliphatic rings. The van der Waals surface area contributed by atoms with Crippen molar-refractivity contribution in [3.63, 3.8) is 0 Å². The second-order valence-electron chi connectivity index (χ2n) is 11.3. The van der Waals surface area contributed by atoms with Crippen LogP contribution in [0.5, 0.6) is 5.75 Å². The molecule has 2 fully saturated rings. The van der Waals surface area contributed by atoms with Crippen LogP contribution in [0.2, 0.25) is 0 Å². The molecule has 3 aromatic rings. The maximum Gasteiger partial charge on any atom is 0.416 e. The zero-order chi connectivity index (χ0) is 29.5. The summed E-state index contributed by atoms with van der Waals surface area (Å²) < 4.78 is 46.8. The monoisotopic (exact) mass is 573 g/mol. The number of hydrogen-bond donors (Lipinski definition) is 4. The van der Waals surface area contributed by atoms with Crippen molar-refractivity contribution < 1.29 is 32.6 Å². The highest BCUT2D eigenvalue weighted by molar-refractivity contribution is 6.09. The first kappa shape index (κ1) is 28.8. The summed E-state index contributed by atoms with van der Waals surface area (Å²) in [6.45, 7) is 5.53. The average Bonchev–Trinajstić information content (AvgIpc) is 3.67. The molecule has 0 bridgehead atoms. The number of amides is 2. The smallest absolute Gasteiger partial charge is 0.416 e. The fourth-order valence-corrected chi connectivity index (χ4v) is 5.42. The standard InChI is InChI=1S/C29H34F3N5O4/c1-14-10-19(36-27(39)16(3)38)7-8-21(14)37-28(40)23-15(2)35-26-24(33-13-34-25(23)26)20-11-18(29(30,31)32)6-9-22(20)41-12-17-4-5-17/h6,9,11,13-14,16-17,19,21,35,38H,4-5,7-8,10,12H2,1-3H3,(H,36,39)(H,37,40)/t14-,16+,19+,21+/m1/s1. The number of aliphatic hydroxyl groups is 1. The molecule has 2 saturated carbocycles. The largest absolute Gasteiger partial charge is 0.493 e. The van der Waals surface area contributed by atoms with E-state index in [1.807, 2.05) is 6.92 Å². The molecule has 220 valence electrons. The number of carbonyl (C=O) groups is 2. The highest BCUT2D eigenvalue weighted by Gasteiger charge is 2.34. The van der Waals surface area contributed by atoms with Gasteiger partial charge in [-0.25, -0.2) is 9.97 Å². The number of carbonyl (C=O) groups excluding carboxylic acids is 2. The molecule has 5 rings (SSSR count). The minimum atomic E-state index is -4.55. The summed E-state index contributed by atoms with van der Waals surface area (Å²) >= 11 is 0. The molecule has 4 atom stereocenters.